The van der Waals surface area contributed by atoms with Crippen molar-refractivity contribution in [3.8, 4) is 0 Å². The zero-order valence-electron chi connectivity index (χ0n) is 13.1. The average molecular weight is 281 g/mol. The molecule has 0 saturated heterocycles. The van der Waals surface area contributed by atoms with Gasteiger partial charge < -0.3 is 11.1 Å². The van der Waals surface area contributed by atoms with Crippen molar-refractivity contribution in [3.05, 3.63) is 0 Å². The van der Waals surface area contributed by atoms with Crippen molar-refractivity contribution in [2.75, 3.05) is 13.1 Å². The second-order valence-corrected chi connectivity index (χ2v) is 6.49. The van der Waals surface area contributed by atoms with Crippen LogP contribution < -0.4 is 11.1 Å². The highest BCUT2D eigenvalue weighted by Crippen LogP contribution is 2.30. The largest absolute Gasteiger partial charge is 0.352 e. The quantitative estimate of drug-likeness (QED) is 0.781. The van der Waals surface area contributed by atoms with Crippen LogP contribution in [0.15, 0.2) is 0 Å². The number of nitrogens with two attached hydrogens (primary N) is 1. The van der Waals surface area contributed by atoms with Crippen molar-refractivity contribution in [1.29, 1.82) is 0 Å². The van der Waals surface area contributed by atoms with E-state index in [9.17, 15) is 4.79 Å². The molecule has 3 unspecified atom stereocenters. The fourth-order valence-corrected chi connectivity index (χ4v) is 4.07. The second-order valence-electron chi connectivity index (χ2n) is 6.49. The van der Waals surface area contributed by atoms with Crippen LogP contribution in [0.3, 0.4) is 0 Å². The third-order valence-corrected chi connectivity index (χ3v) is 5.29. The summed E-state index contributed by atoms with van der Waals surface area (Å²) in [6.07, 6.45) is 8.48. The first-order valence-corrected chi connectivity index (χ1v) is 8.43. The minimum absolute atomic E-state index is 0.0299. The maximum Gasteiger partial charge on any atom is 0.237 e. The molecule has 4 nitrogen and oxygen atoms in total. The Kier molecular flexibility index (Phi) is 5.85. The molecule has 0 spiro atoms. The zero-order chi connectivity index (χ0) is 14.5. The van der Waals surface area contributed by atoms with Gasteiger partial charge in [0.15, 0.2) is 0 Å². The van der Waals surface area contributed by atoms with Crippen molar-refractivity contribution in [2.45, 2.75) is 76.9 Å². The Morgan fingerprint density at radius 3 is 2.55 bits per heavy atom. The molecule has 0 aromatic carbocycles. The van der Waals surface area contributed by atoms with Gasteiger partial charge >= 0.3 is 0 Å². The summed E-state index contributed by atoms with van der Waals surface area (Å²) in [5, 5.41) is 3.24. The normalized spacial score (nSPS) is 29.0. The molecule has 0 heterocycles. The molecule has 0 bridgehead atoms. The lowest BCUT2D eigenvalue weighted by molar-refractivity contribution is -0.127. The molecule has 0 aromatic heterocycles. The average Bonchev–Trinajstić information content (AvgIpc) is 3.10. The van der Waals surface area contributed by atoms with Crippen LogP contribution in [0.5, 0.6) is 0 Å². The maximum absolute atomic E-state index is 12.5. The molecule has 0 aliphatic heterocycles. The monoisotopic (exact) mass is 281 g/mol. The number of carbonyl (C=O) groups is 1. The van der Waals surface area contributed by atoms with Gasteiger partial charge in [-0.25, -0.2) is 0 Å². The van der Waals surface area contributed by atoms with Crippen molar-refractivity contribution < 1.29 is 4.79 Å². The van der Waals surface area contributed by atoms with Crippen LogP contribution in [0.25, 0.3) is 0 Å². The van der Waals surface area contributed by atoms with E-state index in [1.54, 1.807) is 0 Å². The second kappa shape index (κ2) is 7.41. The van der Waals surface area contributed by atoms with Crippen LogP contribution in [0.4, 0.5) is 0 Å². The third-order valence-electron chi connectivity index (χ3n) is 5.29. The summed E-state index contributed by atoms with van der Waals surface area (Å²) in [5.41, 5.74) is 5.90. The molecule has 0 radical (unpaired) electrons. The molecular formula is C16H31N3O. The summed E-state index contributed by atoms with van der Waals surface area (Å²) in [6, 6.07) is 0.879. The van der Waals surface area contributed by atoms with E-state index in [-0.39, 0.29) is 11.9 Å². The number of nitrogens with zero attached hydrogens (tertiary/aromatic N) is 1. The number of nitrogens with one attached hydrogen (secondary N) is 1. The van der Waals surface area contributed by atoms with Gasteiger partial charge in [0.25, 0.3) is 0 Å². The van der Waals surface area contributed by atoms with Crippen molar-refractivity contribution in [1.82, 2.24) is 10.2 Å². The van der Waals surface area contributed by atoms with Crippen molar-refractivity contribution in [2.24, 2.45) is 11.7 Å². The number of hydrogen-bond acceptors (Lipinski definition) is 3. The molecule has 2 rings (SSSR count). The van der Waals surface area contributed by atoms with E-state index >= 15 is 0 Å². The summed E-state index contributed by atoms with van der Waals surface area (Å²) < 4.78 is 0. The predicted octanol–water partition coefficient (Wildman–Crippen LogP) is 1.88. The Morgan fingerprint density at radius 2 is 1.95 bits per heavy atom. The summed E-state index contributed by atoms with van der Waals surface area (Å²) in [6.45, 7) is 5.89. The van der Waals surface area contributed by atoms with Gasteiger partial charge in [-0.15, -0.1) is 0 Å². The number of amides is 1. The van der Waals surface area contributed by atoms with Gasteiger partial charge in [0.1, 0.15) is 0 Å². The van der Waals surface area contributed by atoms with Crippen molar-refractivity contribution in [3.63, 3.8) is 0 Å². The van der Waals surface area contributed by atoms with Crippen LogP contribution in [0.1, 0.15) is 58.8 Å². The van der Waals surface area contributed by atoms with Gasteiger partial charge in [0, 0.05) is 12.1 Å². The molecule has 2 fully saturated rings. The van der Waals surface area contributed by atoms with E-state index in [4.69, 9.17) is 5.73 Å². The van der Waals surface area contributed by atoms with Gasteiger partial charge in [-0.3, -0.25) is 9.69 Å². The smallest absolute Gasteiger partial charge is 0.237 e. The Bertz CT molecular complexity index is 315. The number of likely N-dealkylation sites (N-methyl/N-ethyl adjacent to an activating group) is 1. The van der Waals surface area contributed by atoms with E-state index in [2.05, 4.69) is 24.1 Å². The zero-order valence-corrected chi connectivity index (χ0v) is 13.1. The standard InChI is InChI=1S/C16H31N3O/c1-3-19(15-10-6-7-13(15)11-17)12(2)16(20)18-14-8-4-5-9-14/h12-15H,3-11,17H2,1-2H3,(H,18,20). The number of rotatable bonds is 6. The van der Waals surface area contributed by atoms with E-state index < -0.39 is 0 Å². The number of carbonyl (C=O) groups excluding carboxylic acids is 1. The molecule has 3 atom stereocenters. The van der Waals surface area contributed by atoms with E-state index in [1.807, 2.05) is 0 Å². The van der Waals surface area contributed by atoms with Gasteiger partial charge in [-0.05, 0) is 51.6 Å². The Labute approximate surface area is 123 Å². The molecule has 4 heteroatoms. The van der Waals surface area contributed by atoms with Crippen LogP contribution in [0.2, 0.25) is 0 Å². The predicted molar refractivity (Wildman–Crippen MR) is 82.4 cm³/mol. The Morgan fingerprint density at radius 1 is 1.25 bits per heavy atom. The van der Waals surface area contributed by atoms with Gasteiger partial charge in [0.2, 0.25) is 5.91 Å². The van der Waals surface area contributed by atoms with Gasteiger partial charge in [-0.1, -0.05) is 26.2 Å². The molecule has 0 aromatic rings. The highest BCUT2D eigenvalue weighted by atomic mass is 16.2. The third kappa shape index (κ3) is 3.53. The molecule has 20 heavy (non-hydrogen) atoms. The number of hydrogen-bond donors (Lipinski definition) is 2. The maximum atomic E-state index is 12.5. The fourth-order valence-electron chi connectivity index (χ4n) is 4.07. The molecule has 2 aliphatic rings. The first-order chi connectivity index (χ1) is 9.67. The van der Waals surface area contributed by atoms with Crippen LogP contribution in [-0.2, 0) is 4.79 Å². The van der Waals surface area contributed by atoms with Gasteiger partial charge in [-0.2, -0.15) is 0 Å². The lowest BCUT2D eigenvalue weighted by Gasteiger charge is -2.36. The summed E-state index contributed by atoms with van der Waals surface area (Å²) >= 11 is 0. The molecule has 2 aliphatic carbocycles. The van der Waals surface area contributed by atoms with Crippen LogP contribution in [0, 0.1) is 5.92 Å². The first kappa shape index (κ1) is 15.8. The minimum atomic E-state index is -0.0299. The van der Waals surface area contributed by atoms with E-state index in [1.165, 1.54) is 32.1 Å². The fraction of sp³-hybridized carbons (Fsp3) is 0.938. The molecular weight excluding hydrogens is 250 g/mol. The highest BCUT2D eigenvalue weighted by Gasteiger charge is 2.35. The summed E-state index contributed by atoms with van der Waals surface area (Å²) in [5.74, 6) is 0.776. The molecule has 116 valence electrons. The summed E-state index contributed by atoms with van der Waals surface area (Å²) in [4.78, 5) is 14.8. The van der Waals surface area contributed by atoms with Crippen molar-refractivity contribution >= 4 is 5.91 Å². The summed E-state index contributed by atoms with van der Waals surface area (Å²) in [7, 11) is 0. The highest BCUT2D eigenvalue weighted by molar-refractivity contribution is 5.81. The van der Waals surface area contributed by atoms with E-state index in [0.29, 0.717) is 18.0 Å². The lowest BCUT2D eigenvalue weighted by atomic mass is 10.0. The van der Waals surface area contributed by atoms with E-state index in [0.717, 1.165) is 25.9 Å². The SMILES string of the molecule is CCN(C(C)C(=O)NC1CCCC1)C1CCCC1CN. The van der Waals surface area contributed by atoms with Gasteiger partial charge in [0.05, 0.1) is 6.04 Å². The molecule has 1 amide bonds. The van der Waals surface area contributed by atoms with Crippen LogP contribution >= 0.6 is 0 Å². The Balaban J connectivity index is 1.93. The molecule has 3 N–H and O–H groups in total. The molecule has 2 saturated carbocycles. The Hall–Kier alpha value is -0.610. The lowest BCUT2D eigenvalue weighted by Crippen LogP contribution is -2.52. The minimum Gasteiger partial charge on any atom is -0.352 e. The first-order valence-electron chi connectivity index (χ1n) is 8.43. The van der Waals surface area contributed by atoms with Crippen LogP contribution in [-0.4, -0.2) is 42.0 Å². The topological polar surface area (TPSA) is 58.4 Å².